The first-order chi connectivity index (χ1) is 7.52. The molecule has 1 aromatic heterocycles. The third-order valence-corrected chi connectivity index (χ3v) is 3.09. The zero-order chi connectivity index (χ0) is 11.8. The van der Waals surface area contributed by atoms with Gasteiger partial charge in [-0.05, 0) is 20.3 Å². The van der Waals surface area contributed by atoms with Crippen LogP contribution in [-0.4, -0.2) is 35.8 Å². The van der Waals surface area contributed by atoms with Crippen molar-refractivity contribution in [1.82, 2.24) is 9.97 Å². The number of rotatable bonds is 2. The second-order valence-electron chi connectivity index (χ2n) is 4.54. The van der Waals surface area contributed by atoms with Gasteiger partial charge in [0.25, 0.3) is 5.56 Å². The molecular formula is C11H17N3O2. The molecule has 0 aromatic carbocycles. The van der Waals surface area contributed by atoms with E-state index in [4.69, 9.17) is 4.74 Å². The molecule has 0 spiro atoms. The Morgan fingerprint density at radius 1 is 1.62 bits per heavy atom. The topological polar surface area (TPSA) is 58.2 Å². The van der Waals surface area contributed by atoms with Gasteiger partial charge in [-0.3, -0.25) is 9.78 Å². The first-order valence-corrected chi connectivity index (χ1v) is 5.40. The van der Waals surface area contributed by atoms with Crippen molar-refractivity contribution in [3.63, 3.8) is 0 Å². The number of hydrogen-bond acceptors (Lipinski definition) is 4. The van der Waals surface area contributed by atoms with Gasteiger partial charge in [-0.15, -0.1) is 0 Å². The molecule has 1 N–H and O–H groups in total. The summed E-state index contributed by atoms with van der Waals surface area (Å²) in [7, 11) is 1.72. The highest BCUT2D eigenvalue weighted by Crippen LogP contribution is 2.26. The fourth-order valence-electron chi connectivity index (χ4n) is 1.99. The number of methoxy groups -OCH3 is 1. The van der Waals surface area contributed by atoms with E-state index < -0.39 is 0 Å². The highest BCUT2D eigenvalue weighted by atomic mass is 16.5. The molecule has 1 saturated heterocycles. The second-order valence-corrected chi connectivity index (χ2v) is 4.54. The highest BCUT2D eigenvalue weighted by molar-refractivity contribution is 5.33. The van der Waals surface area contributed by atoms with Gasteiger partial charge in [-0.1, -0.05) is 0 Å². The molecule has 5 nitrogen and oxygen atoms in total. The highest BCUT2D eigenvalue weighted by Gasteiger charge is 2.34. The molecule has 0 radical (unpaired) electrons. The predicted octanol–water partition coefficient (Wildman–Crippen LogP) is 0.694. The summed E-state index contributed by atoms with van der Waals surface area (Å²) in [6.07, 6.45) is 0.946. The van der Waals surface area contributed by atoms with E-state index in [1.807, 2.05) is 6.92 Å². The van der Waals surface area contributed by atoms with Crippen molar-refractivity contribution >= 4 is 5.95 Å². The van der Waals surface area contributed by atoms with E-state index in [-0.39, 0.29) is 11.2 Å². The van der Waals surface area contributed by atoms with Gasteiger partial charge < -0.3 is 9.64 Å². The fraction of sp³-hybridized carbons (Fsp3) is 0.636. The first kappa shape index (κ1) is 11.1. The number of hydrogen-bond donors (Lipinski definition) is 1. The van der Waals surface area contributed by atoms with Crippen molar-refractivity contribution in [2.24, 2.45) is 0 Å². The molecule has 2 rings (SSSR count). The quantitative estimate of drug-likeness (QED) is 0.801. The number of anilines is 1. The Labute approximate surface area is 94.5 Å². The summed E-state index contributed by atoms with van der Waals surface area (Å²) in [6, 6.07) is 1.50. The normalized spacial score (nSPS) is 25.1. The molecule has 0 saturated carbocycles. The van der Waals surface area contributed by atoms with Crippen LogP contribution in [0, 0.1) is 6.92 Å². The smallest absolute Gasteiger partial charge is 0.252 e. The molecule has 0 amide bonds. The maximum Gasteiger partial charge on any atom is 0.252 e. The van der Waals surface area contributed by atoms with Crippen molar-refractivity contribution in [1.29, 1.82) is 0 Å². The lowest BCUT2D eigenvalue weighted by Gasteiger charge is -2.23. The minimum atomic E-state index is -0.137. The molecule has 88 valence electrons. The third-order valence-electron chi connectivity index (χ3n) is 3.09. The van der Waals surface area contributed by atoms with Crippen molar-refractivity contribution in [3.8, 4) is 0 Å². The molecule has 2 heterocycles. The van der Waals surface area contributed by atoms with Crippen LogP contribution < -0.4 is 10.5 Å². The fourth-order valence-corrected chi connectivity index (χ4v) is 1.99. The lowest BCUT2D eigenvalue weighted by atomic mass is 10.1. The van der Waals surface area contributed by atoms with Crippen molar-refractivity contribution < 1.29 is 4.74 Å². The minimum Gasteiger partial charge on any atom is -0.377 e. The Hall–Kier alpha value is -1.36. The summed E-state index contributed by atoms with van der Waals surface area (Å²) in [5.41, 5.74) is 0.501. The van der Waals surface area contributed by atoms with Gasteiger partial charge in [0.1, 0.15) is 0 Å². The van der Waals surface area contributed by atoms with Crippen molar-refractivity contribution in [3.05, 3.63) is 22.1 Å². The molecule has 1 aromatic rings. The summed E-state index contributed by atoms with van der Waals surface area (Å²) < 4.78 is 5.45. The van der Waals surface area contributed by atoms with Gasteiger partial charge in [0.15, 0.2) is 0 Å². The number of ether oxygens (including phenoxy) is 1. The number of H-pyrrole nitrogens is 1. The SMILES string of the molecule is COC1(C)CCN(c2nc(C)cc(=O)[nH]2)C1. The Bertz CT molecular complexity index is 443. The standard InChI is InChI=1S/C11H17N3O2/c1-8-6-9(15)13-10(12-8)14-5-4-11(2,7-14)16-3/h6H,4-5,7H2,1-3H3,(H,12,13,15). The monoisotopic (exact) mass is 223 g/mol. The second kappa shape index (κ2) is 3.90. The Kier molecular flexibility index (Phi) is 2.71. The van der Waals surface area contributed by atoms with Crippen LogP contribution in [0.25, 0.3) is 0 Å². The summed E-state index contributed by atoms with van der Waals surface area (Å²) in [5, 5.41) is 0. The molecule has 1 atom stereocenters. The van der Waals surface area contributed by atoms with Crippen LogP contribution in [0.15, 0.2) is 10.9 Å². The summed E-state index contributed by atoms with van der Waals surface area (Å²) in [6.45, 7) is 5.51. The van der Waals surface area contributed by atoms with Gasteiger partial charge >= 0.3 is 0 Å². The molecule has 1 unspecified atom stereocenters. The van der Waals surface area contributed by atoms with Crippen molar-refractivity contribution in [2.75, 3.05) is 25.1 Å². The minimum absolute atomic E-state index is 0.103. The summed E-state index contributed by atoms with van der Waals surface area (Å²) in [4.78, 5) is 20.5. The zero-order valence-electron chi connectivity index (χ0n) is 9.91. The van der Waals surface area contributed by atoms with Gasteiger partial charge in [0, 0.05) is 32.0 Å². The Morgan fingerprint density at radius 2 is 2.38 bits per heavy atom. The number of aryl methyl sites for hydroxylation is 1. The first-order valence-electron chi connectivity index (χ1n) is 5.40. The van der Waals surface area contributed by atoms with Crippen LogP contribution in [0.4, 0.5) is 5.95 Å². The zero-order valence-corrected chi connectivity index (χ0v) is 9.91. The third kappa shape index (κ3) is 2.09. The van der Waals surface area contributed by atoms with Crippen LogP contribution >= 0.6 is 0 Å². The van der Waals surface area contributed by atoms with Crippen LogP contribution in [0.1, 0.15) is 19.0 Å². The summed E-state index contributed by atoms with van der Waals surface area (Å²) in [5.74, 6) is 0.644. The molecule has 1 aliphatic rings. The molecule has 0 bridgehead atoms. The van der Waals surface area contributed by atoms with Crippen LogP contribution in [0.3, 0.4) is 0 Å². The Balaban J connectivity index is 2.24. The van der Waals surface area contributed by atoms with E-state index >= 15 is 0 Å². The predicted molar refractivity (Wildman–Crippen MR) is 61.8 cm³/mol. The molecule has 0 aliphatic carbocycles. The van der Waals surface area contributed by atoms with Gasteiger partial charge in [-0.2, -0.15) is 0 Å². The van der Waals surface area contributed by atoms with Gasteiger partial charge in [0.05, 0.1) is 5.60 Å². The van der Waals surface area contributed by atoms with Crippen molar-refractivity contribution in [2.45, 2.75) is 25.9 Å². The van der Waals surface area contributed by atoms with Crippen LogP contribution in [-0.2, 0) is 4.74 Å². The molecule has 1 aliphatic heterocycles. The lowest BCUT2D eigenvalue weighted by molar-refractivity contribution is 0.0256. The van der Waals surface area contributed by atoms with Crippen LogP contribution in [0.2, 0.25) is 0 Å². The van der Waals surface area contributed by atoms with Crippen LogP contribution in [0.5, 0.6) is 0 Å². The van der Waals surface area contributed by atoms with E-state index in [2.05, 4.69) is 21.8 Å². The average molecular weight is 223 g/mol. The number of nitrogens with zero attached hydrogens (tertiary/aromatic N) is 2. The molecule has 16 heavy (non-hydrogen) atoms. The molecule has 1 fully saturated rings. The molecule has 5 heteroatoms. The Morgan fingerprint density at radius 3 is 2.94 bits per heavy atom. The van der Waals surface area contributed by atoms with E-state index in [0.29, 0.717) is 5.95 Å². The van der Waals surface area contributed by atoms with E-state index in [9.17, 15) is 4.79 Å². The maximum atomic E-state index is 11.3. The number of nitrogens with one attached hydrogen (secondary N) is 1. The number of aromatic nitrogens is 2. The van der Waals surface area contributed by atoms with E-state index in [1.165, 1.54) is 6.07 Å². The lowest BCUT2D eigenvalue weighted by Crippen LogP contribution is -2.33. The van der Waals surface area contributed by atoms with Gasteiger partial charge in [0.2, 0.25) is 5.95 Å². The van der Waals surface area contributed by atoms with Gasteiger partial charge in [-0.25, -0.2) is 4.98 Å². The van der Waals surface area contributed by atoms with E-state index in [0.717, 1.165) is 25.2 Å². The maximum absolute atomic E-state index is 11.3. The largest absolute Gasteiger partial charge is 0.377 e. The number of aromatic amines is 1. The van der Waals surface area contributed by atoms with E-state index in [1.54, 1.807) is 7.11 Å². The average Bonchev–Trinajstić information content (AvgIpc) is 2.61. The summed E-state index contributed by atoms with van der Waals surface area (Å²) >= 11 is 0. The molecular weight excluding hydrogens is 206 g/mol.